The highest BCUT2D eigenvalue weighted by Crippen LogP contribution is 2.19. The molecule has 0 saturated carbocycles. The summed E-state index contributed by atoms with van der Waals surface area (Å²) >= 11 is 0. The van der Waals surface area contributed by atoms with Crippen LogP contribution in [0.4, 0.5) is 0 Å². The molecule has 0 radical (unpaired) electrons. The fraction of sp³-hybridized carbons (Fsp3) is 0.444. The predicted molar refractivity (Wildman–Crippen MR) is 45.4 cm³/mol. The Kier molecular flexibility index (Phi) is 1.96. The summed E-state index contributed by atoms with van der Waals surface area (Å²) in [6.45, 7) is 0. The van der Waals surface area contributed by atoms with Crippen LogP contribution in [0.15, 0.2) is 6.07 Å². The SMILES string of the molecule is COC(=O)c1cc2c(nn1)CCC2. The minimum Gasteiger partial charge on any atom is -0.464 e. The number of rotatable bonds is 1. The summed E-state index contributed by atoms with van der Waals surface area (Å²) in [7, 11) is 1.34. The molecule has 4 heteroatoms. The number of carbonyl (C=O) groups is 1. The summed E-state index contributed by atoms with van der Waals surface area (Å²) in [5, 5.41) is 7.77. The van der Waals surface area contributed by atoms with Gasteiger partial charge < -0.3 is 4.74 Å². The number of hydrogen-bond acceptors (Lipinski definition) is 4. The predicted octanol–water partition coefficient (Wildman–Crippen LogP) is 0.752. The normalized spacial score (nSPS) is 13.9. The maximum absolute atomic E-state index is 11.1. The summed E-state index contributed by atoms with van der Waals surface area (Å²) in [6.07, 6.45) is 3.08. The number of esters is 1. The van der Waals surface area contributed by atoms with E-state index in [-0.39, 0.29) is 0 Å². The highest BCUT2D eigenvalue weighted by Gasteiger charge is 2.16. The van der Waals surface area contributed by atoms with E-state index in [2.05, 4.69) is 14.9 Å². The standard InChI is InChI=1S/C9H10N2O2/c1-13-9(12)8-5-6-3-2-4-7(6)10-11-8/h5H,2-4H2,1H3. The van der Waals surface area contributed by atoms with Crippen molar-refractivity contribution < 1.29 is 9.53 Å². The van der Waals surface area contributed by atoms with Crippen LogP contribution in [0, 0.1) is 0 Å². The molecule has 13 heavy (non-hydrogen) atoms. The zero-order chi connectivity index (χ0) is 9.26. The van der Waals surface area contributed by atoms with Gasteiger partial charge in [0.1, 0.15) is 0 Å². The molecular weight excluding hydrogens is 168 g/mol. The van der Waals surface area contributed by atoms with Crippen LogP contribution in [0.3, 0.4) is 0 Å². The molecule has 0 bridgehead atoms. The Morgan fingerprint density at radius 1 is 1.46 bits per heavy atom. The topological polar surface area (TPSA) is 52.1 Å². The number of nitrogens with zero attached hydrogens (tertiary/aromatic N) is 2. The first kappa shape index (κ1) is 8.16. The molecule has 4 nitrogen and oxygen atoms in total. The Labute approximate surface area is 75.9 Å². The van der Waals surface area contributed by atoms with Crippen LogP contribution >= 0.6 is 0 Å². The fourth-order valence-electron chi connectivity index (χ4n) is 1.53. The van der Waals surface area contributed by atoms with E-state index in [1.807, 2.05) is 0 Å². The van der Waals surface area contributed by atoms with E-state index in [0.29, 0.717) is 5.69 Å². The summed E-state index contributed by atoms with van der Waals surface area (Å²) in [6, 6.07) is 1.78. The van der Waals surface area contributed by atoms with Crippen molar-refractivity contribution in [1.82, 2.24) is 10.2 Å². The molecule has 1 aliphatic carbocycles. The Balaban J connectivity index is 2.36. The lowest BCUT2D eigenvalue weighted by molar-refractivity contribution is 0.0592. The van der Waals surface area contributed by atoms with Crippen LogP contribution in [0.2, 0.25) is 0 Å². The average molecular weight is 178 g/mol. The van der Waals surface area contributed by atoms with E-state index >= 15 is 0 Å². The van der Waals surface area contributed by atoms with Crippen LogP contribution in [0.1, 0.15) is 28.2 Å². The van der Waals surface area contributed by atoms with Crippen molar-refractivity contribution in [1.29, 1.82) is 0 Å². The first-order valence-corrected chi connectivity index (χ1v) is 4.25. The van der Waals surface area contributed by atoms with Gasteiger partial charge in [0.15, 0.2) is 5.69 Å². The minimum absolute atomic E-state index is 0.308. The molecule has 1 heterocycles. The van der Waals surface area contributed by atoms with Gasteiger partial charge in [0, 0.05) is 0 Å². The third-order valence-corrected chi connectivity index (χ3v) is 2.21. The number of methoxy groups -OCH3 is 1. The molecular formula is C9H10N2O2. The van der Waals surface area contributed by atoms with Crippen molar-refractivity contribution in [2.75, 3.05) is 7.11 Å². The summed E-state index contributed by atoms with van der Waals surface area (Å²) in [4.78, 5) is 11.1. The Hall–Kier alpha value is -1.45. The van der Waals surface area contributed by atoms with Gasteiger partial charge in [0.25, 0.3) is 0 Å². The van der Waals surface area contributed by atoms with Gasteiger partial charge in [-0.15, -0.1) is 5.10 Å². The molecule has 0 N–H and O–H groups in total. The number of aryl methyl sites for hydroxylation is 2. The van der Waals surface area contributed by atoms with Crippen LogP contribution in [0.5, 0.6) is 0 Å². The van der Waals surface area contributed by atoms with Gasteiger partial charge >= 0.3 is 5.97 Å². The van der Waals surface area contributed by atoms with Gasteiger partial charge in [-0.25, -0.2) is 4.79 Å². The second kappa shape index (κ2) is 3.12. The molecule has 0 fully saturated rings. The van der Waals surface area contributed by atoms with Gasteiger partial charge in [-0.3, -0.25) is 0 Å². The van der Waals surface area contributed by atoms with Gasteiger partial charge in [-0.1, -0.05) is 0 Å². The number of hydrogen-bond donors (Lipinski definition) is 0. The number of carbonyl (C=O) groups excluding carboxylic acids is 1. The van der Waals surface area contributed by atoms with Crippen molar-refractivity contribution in [3.63, 3.8) is 0 Å². The smallest absolute Gasteiger partial charge is 0.358 e. The van der Waals surface area contributed by atoms with Crippen molar-refractivity contribution in [3.05, 3.63) is 23.0 Å². The average Bonchev–Trinajstić information content (AvgIpc) is 2.63. The van der Waals surface area contributed by atoms with E-state index in [0.717, 1.165) is 30.5 Å². The van der Waals surface area contributed by atoms with Crippen molar-refractivity contribution >= 4 is 5.97 Å². The van der Waals surface area contributed by atoms with Crippen molar-refractivity contribution in [2.45, 2.75) is 19.3 Å². The van der Waals surface area contributed by atoms with E-state index < -0.39 is 5.97 Å². The first-order chi connectivity index (χ1) is 6.31. The van der Waals surface area contributed by atoms with Crippen LogP contribution in [-0.4, -0.2) is 23.3 Å². The Bertz CT molecular complexity index is 349. The van der Waals surface area contributed by atoms with Gasteiger partial charge in [0.05, 0.1) is 12.8 Å². The number of ether oxygens (including phenoxy) is 1. The molecule has 0 unspecified atom stereocenters. The summed E-state index contributed by atoms with van der Waals surface area (Å²) in [5.41, 5.74) is 2.46. The van der Waals surface area contributed by atoms with E-state index in [1.54, 1.807) is 6.07 Å². The zero-order valence-corrected chi connectivity index (χ0v) is 7.41. The third kappa shape index (κ3) is 1.39. The van der Waals surface area contributed by atoms with Gasteiger partial charge in [-0.2, -0.15) is 5.10 Å². The van der Waals surface area contributed by atoms with Gasteiger partial charge in [0.2, 0.25) is 0 Å². The molecule has 1 aromatic heterocycles. The van der Waals surface area contributed by atoms with E-state index in [4.69, 9.17) is 0 Å². The van der Waals surface area contributed by atoms with Crippen LogP contribution < -0.4 is 0 Å². The maximum atomic E-state index is 11.1. The zero-order valence-electron chi connectivity index (χ0n) is 7.41. The molecule has 0 spiro atoms. The fourth-order valence-corrected chi connectivity index (χ4v) is 1.53. The molecule has 0 aliphatic heterocycles. The largest absolute Gasteiger partial charge is 0.464 e. The molecule has 1 aliphatic rings. The first-order valence-electron chi connectivity index (χ1n) is 4.25. The lowest BCUT2D eigenvalue weighted by Crippen LogP contribution is -2.07. The molecule has 68 valence electrons. The van der Waals surface area contributed by atoms with Crippen molar-refractivity contribution in [3.8, 4) is 0 Å². The summed E-state index contributed by atoms with van der Waals surface area (Å²) < 4.78 is 4.55. The number of fused-ring (bicyclic) bond motifs is 1. The molecule has 0 atom stereocenters. The number of aromatic nitrogens is 2. The van der Waals surface area contributed by atoms with Crippen molar-refractivity contribution in [2.24, 2.45) is 0 Å². The second-order valence-electron chi connectivity index (χ2n) is 3.05. The third-order valence-electron chi connectivity index (χ3n) is 2.21. The minimum atomic E-state index is -0.415. The highest BCUT2D eigenvalue weighted by molar-refractivity contribution is 5.87. The van der Waals surface area contributed by atoms with Gasteiger partial charge in [-0.05, 0) is 30.9 Å². The quantitative estimate of drug-likeness (QED) is 0.595. The molecule has 0 saturated heterocycles. The lowest BCUT2D eigenvalue weighted by Gasteiger charge is -1.99. The monoisotopic (exact) mass is 178 g/mol. The Morgan fingerprint density at radius 2 is 2.31 bits per heavy atom. The highest BCUT2D eigenvalue weighted by atomic mass is 16.5. The Morgan fingerprint density at radius 3 is 3.08 bits per heavy atom. The molecule has 2 rings (SSSR count). The summed E-state index contributed by atoms with van der Waals surface area (Å²) in [5.74, 6) is -0.415. The molecule has 0 amide bonds. The van der Waals surface area contributed by atoms with Crippen LogP contribution in [0.25, 0.3) is 0 Å². The lowest BCUT2D eigenvalue weighted by atomic mass is 10.2. The van der Waals surface area contributed by atoms with Crippen LogP contribution in [-0.2, 0) is 17.6 Å². The maximum Gasteiger partial charge on any atom is 0.358 e. The molecule has 1 aromatic rings. The van der Waals surface area contributed by atoms with E-state index in [1.165, 1.54) is 7.11 Å². The molecule has 0 aromatic carbocycles. The second-order valence-corrected chi connectivity index (χ2v) is 3.05. The van der Waals surface area contributed by atoms with E-state index in [9.17, 15) is 4.79 Å².